The van der Waals surface area contributed by atoms with Crippen LogP contribution in [0.2, 0.25) is 0 Å². The van der Waals surface area contributed by atoms with Crippen molar-refractivity contribution in [1.29, 1.82) is 0 Å². The summed E-state index contributed by atoms with van der Waals surface area (Å²) in [4.78, 5) is 16.3. The molecule has 4 rings (SSSR count). The van der Waals surface area contributed by atoms with Crippen LogP contribution in [0.25, 0.3) is 11.6 Å². The van der Waals surface area contributed by atoms with Crippen LogP contribution in [0.5, 0.6) is 0 Å². The van der Waals surface area contributed by atoms with E-state index in [-0.39, 0.29) is 6.04 Å². The average molecular weight is 267 g/mol. The number of aromatic amines is 1. The van der Waals surface area contributed by atoms with Crippen molar-refractivity contribution in [3.8, 4) is 11.6 Å². The molecular weight excluding hydrogens is 254 g/mol. The molecule has 1 aliphatic rings. The predicted molar refractivity (Wildman–Crippen MR) is 71.9 cm³/mol. The maximum atomic E-state index is 5.29. The number of furan rings is 1. The quantitative estimate of drug-likeness (QED) is 0.738. The van der Waals surface area contributed by atoms with E-state index in [2.05, 4.69) is 25.3 Å². The van der Waals surface area contributed by atoms with Gasteiger partial charge in [-0.1, -0.05) is 0 Å². The van der Waals surface area contributed by atoms with Gasteiger partial charge in [-0.2, -0.15) is 0 Å². The van der Waals surface area contributed by atoms with Gasteiger partial charge in [0, 0.05) is 36.6 Å². The Labute approximate surface area is 115 Å². The summed E-state index contributed by atoms with van der Waals surface area (Å²) in [6.45, 7) is 0.916. The van der Waals surface area contributed by atoms with Gasteiger partial charge in [0.2, 0.25) is 0 Å². The van der Waals surface area contributed by atoms with Crippen molar-refractivity contribution in [3.05, 3.63) is 54.1 Å². The number of rotatable bonds is 2. The van der Waals surface area contributed by atoms with E-state index in [0.29, 0.717) is 11.6 Å². The largest absolute Gasteiger partial charge is 0.461 e. The van der Waals surface area contributed by atoms with Crippen molar-refractivity contribution in [3.63, 3.8) is 0 Å². The minimum Gasteiger partial charge on any atom is -0.461 e. The lowest BCUT2D eigenvalue weighted by Crippen LogP contribution is -2.30. The molecule has 0 unspecified atom stereocenters. The third kappa shape index (κ3) is 1.81. The topological polar surface area (TPSA) is 79.6 Å². The first-order chi connectivity index (χ1) is 9.92. The zero-order valence-corrected chi connectivity index (χ0v) is 10.7. The Morgan fingerprint density at radius 2 is 2.10 bits per heavy atom. The molecule has 0 aromatic carbocycles. The lowest BCUT2D eigenvalue weighted by Gasteiger charge is -2.22. The number of aromatic nitrogens is 4. The van der Waals surface area contributed by atoms with Crippen LogP contribution in [0.15, 0.2) is 41.5 Å². The second-order valence-electron chi connectivity index (χ2n) is 4.72. The van der Waals surface area contributed by atoms with Gasteiger partial charge in [0.1, 0.15) is 0 Å². The normalized spacial score (nSPS) is 17.9. The first kappa shape index (κ1) is 11.4. The Morgan fingerprint density at radius 3 is 2.90 bits per heavy atom. The van der Waals surface area contributed by atoms with Crippen molar-refractivity contribution >= 4 is 0 Å². The number of nitrogens with zero attached hydrogens (tertiary/aromatic N) is 3. The molecule has 6 nitrogen and oxygen atoms in total. The molecule has 0 saturated heterocycles. The summed E-state index contributed by atoms with van der Waals surface area (Å²) in [5.74, 6) is 1.27. The number of hydrogen-bond acceptors (Lipinski definition) is 5. The molecule has 3 aromatic rings. The lowest BCUT2D eigenvalue weighted by atomic mass is 10.0. The van der Waals surface area contributed by atoms with Crippen LogP contribution in [0.1, 0.15) is 23.0 Å². The van der Waals surface area contributed by atoms with E-state index in [4.69, 9.17) is 4.42 Å². The molecule has 0 spiro atoms. The van der Waals surface area contributed by atoms with Gasteiger partial charge in [0.25, 0.3) is 0 Å². The van der Waals surface area contributed by atoms with E-state index >= 15 is 0 Å². The van der Waals surface area contributed by atoms with Gasteiger partial charge in [-0.05, 0) is 12.1 Å². The molecule has 0 bridgehead atoms. The Balaban J connectivity index is 1.68. The highest BCUT2D eigenvalue weighted by atomic mass is 16.3. The molecule has 0 radical (unpaired) electrons. The molecule has 0 fully saturated rings. The van der Waals surface area contributed by atoms with Gasteiger partial charge in [0.05, 0.1) is 24.3 Å². The number of H-pyrrole nitrogens is 1. The third-order valence-electron chi connectivity index (χ3n) is 3.50. The maximum Gasteiger partial charge on any atom is 0.195 e. The highest BCUT2D eigenvalue weighted by Crippen LogP contribution is 2.26. The summed E-state index contributed by atoms with van der Waals surface area (Å²) in [7, 11) is 0. The fourth-order valence-corrected chi connectivity index (χ4v) is 2.51. The summed E-state index contributed by atoms with van der Waals surface area (Å²) >= 11 is 0. The average Bonchev–Trinajstić information content (AvgIpc) is 3.18. The maximum absolute atomic E-state index is 5.29. The Bertz CT molecular complexity index is 702. The van der Waals surface area contributed by atoms with Crippen LogP contribution in [0.3, 0.4) is 0 Å². The van der Waals surface area contributed by atoms with E-state index in [1.165, 1.54) is 5.69 Å². The molecule has 20 heavy (non-hydrogen) atoms. The van der Waals surface area contributed by atoms with Crippen LogP contribution in [0.4, 0.5) is 0 Å². The van der Waals surface area contributed by atoms with Crippen molar-refractivity contribution in [2.24, 2.45) is 0 Å². The van der Waals surface area contributed by atoms with Crippen molar-refractivity contribution in [2.45, 2.75) is 12.5 Å². The van der Waals surface area contributed by atoms with E-state index in [0.717, 1.165) is 24.2 Å². The van der Waals surface area contributed by atoms with E-state index < -0.39 is 0 Å². The molecule has 3 aromatic heterocycles. The first-order valence-electron chi connectivity index (χ1n) is 6.53. The van der Waals surface area contributed by atoms with Gasteiger partial charge in [-0.25, -0.2) is 15.0 Å². The van der Waals surface area contributed by atoms with Crippen molar-refractivity contribution in [2.75, 3.05) is 6.54 Å². The van der Waals surface area contributed by atoms with Crippen LogP contribution in [-0.2, 0) is 6.42 Å². The molecule has 100 valence electrons. The van der Waals surface area contributed by atoms with Crippen molar-refractivity contribution in [1.82, 2.24) is 25.3 Å². The molecule has 6 heteroatoms. The van der Waals surface area contributed by atoms with Gasteiger partial charge in [0.15, 0.2) is 11.6 Å². The molecule has 1 aliphatic heterocycles. The van der Waals surface area contributed by atoms with Crippen LogP contribution >= 0.6 is 0 Å². The van der Waals surface area contributed by atoms with Gasteiger partial charge in [-0.15, -0.1) is 0 Å². The molecule has 4 heterocycles. The second kappa shape index (κ2) is 4.57. The minimum absolute atomic E-state index is 0.0515. The zero-order valence-electron chi connectivity index (χ0n) is 10.7. The summed E-state index contributed by atoms with van der Waals surface area (Å²) in [5.41, 5.74) is 3.22. The van der Waals surface area contributed by atoms with Crippen LogP contribution < -0.4 is 5.32 Å². The fraction of sp³-hybridized carbons (Fsp3) is 0.214. The molecule has 0 amide bonds. The summed E-state index contributed by atoms with van der Waals surface area (Å²) in [5, 5.41) is 3.45. The Kier molecular flexibility index (Phi) is 2.60. The molecule has 2 N–H and O–H groups in total. The number of fused-ring (bicyclic) bond motifs is 1. The monoisotopic (exact) mass is 267 g/mol. The molecule has 1 atom stereocenters. The smallest absolute Gasteiger partial charge is 0.195 e. The van der Waals surface area contributed by atoms with Crippen LogP contribution in [0, 0.1) is 0 Å². The highest BCUT2D eigenvalue weighted by Gasteiger charge is 2.24. The minimum atomic E-state index is 0.0515. The third-order valence-corrected chi connectivity index (χ3v) is 3.50. The standard InChI is InChI=1S/C14H13N5O/c1-2-11(20-5-1)14-16-6-9(7-17-14)12-13-10(3-4-15-12)18-8-19-13/h1-2,5-8,12,15H,3-4H2,(H,18,19)/t12-/m0/s1. The first-order valence-corrected chi connectivity index (χ1v) is 6.53. The highest BCUT2D eigenvalue weighted by molar-refractivity contribution is 5.46. The lowest BCUT2D eigenvalue weighted by molar-refractivity contribution is 0.549. The Morgan fingerprint density at radius 1 is 1.20 bits per heavy atom. The van der Waals surface area contributed by atoms with Gasteiger partial charge >= 0.3 is 0 Å². The molecule has 0 aliphatic carbocycles. The molecular formula is C14H13N5O. The van der Waals surface area contributed by atoms with Gasteiger partial charge in [-0.3, -0.25) is 0 Å². The number of nitrogens with one attached hydrogen (secondary N) is 2. The summed E-state index contributed by atoms with van der Waals surface area (Å²) < 4.78 is 5.29. The number of imidazole rings is 1. The van der Waals surface area contributed by atoms with Gasteiger partial charge < -0.3 is 14.7 Å². The predicted octanol–water partition coefficient (Wildman–Crippen LogP) is 1.69. The SMILES string of the molecule is c1coc(-c2ncc([C@@H]3NCCc4[nH]cnc43)cn2)c1. The van der Waals surface area contributed by atoms with E-state index in [9.17, 15) is 0 Å². The summed E-state index contributed by atoms with van der Waals surface area (Å²) in [6.07, 6.45) is 7.98. The van der Waals surface area contributed by atoms with Crippen molar-refractivity contribution < 1.29 is 4.42 Å². The summed E-state index contributed by atoms with van der Waals surface area (Å²) in [6, 6.07) is 3.72. The van der Waals surface area contributed by atoms with E-state index in [1.54, 1.807) is 12.6 Å². The van der Waals surface area contributed by atoms with E-state index in [1.807, 2.05) is 24.5 Å². The second-order valence-corrected chi connectivity index (χ2v) is 4.72. The zero-order chi connectivity index (χ0) is 13.4. The molecule has 0 saturated carbocycles. The number of hydrogen-bond donors (Lipinski definition) is 2. The van der Waals surface area contributed by atoms with Crippen LogP contribution in [-0.4, -0.2) is 26.5 Å². The fourth-order valence-electron chi connectivity index (χ4n) is 2.51. The Hall–Kier alpha value is -2.47.